The highest BCUT2D eigenvalue weighted by Crippen LogP contribution is 2.65. The smallest absolute Gasteiger partial charge is 0.156 e. The lowest BCUT2D eigenvalue weighted by atomic mass is 9.47. The third-order valence-electron chi connectivity index (χ3n) is 8.11. The number of aliphatic hydroxyl groups excluding tert-OH is 2. The van der Waals surface area contributed by atoms with E-state index in [2.05, 4.69) is 19.1 Å². The molecule has 0 aliphatic heterocycles. The van der Waals surface area contributed by atoms with E-state index < -0.39 is 17.6 Å². The van der Waals surface area contributed by atoms with E-state index in [1.165, 1.54) is 0 Å². The highest BCUT2D eigenvalue weighted by Gasteiger charge is 2.65. The summed E-state index contributed by atoms with van der Waals surface area (Å²) in [7, 11) is 0. The molecule has 0 unspecified atom stereocenters. The zero-order valence-corrected chi connectivity index (χ0v) is 15.2. The average Bonchev–Trinajstić information content (AvgIpc) is 2.82. The lowest BCUT2D eigenvalue weighted by Crippen LogP contribution is -2.57. The first kappa shape index (κ1) is 17.2. The molecule has 0 heterocycles. The van der Waals surface area contributed by atoms with E-state index in [-0.39, 0.29) is 40.7 Å². The fourth-order valence-corrected chi connectivity index (χ4v) is 6.65. The van der Waals surface area contributed by atoms with Crippen molar-refractivity contribution in [2.45, 2.75) is 58.7 Å². The molecule has 0 spiro atoms. The van der Waals surface area contributed by atoms with Gasteiger partial charge < -0.3 is 10.2 Å². The van der Waals surface area contributed by atoms with Gasteiger partial charge in [-0.3, -0.25) is 9.59 Å². The van der Waals surface area contributed by atoms with Gasteiger partial charge in [0.25, 0.3) is 0 Å². The minimum Gasteiger partial charge on any atom is -0.393 e. The van der Waals surface area contributed by atoms with Gasteiger partial charge in [-0.1, -0.05) is 26.0 Å². The number of rotatable bonds is 1. The van der Waals surface area contributed by atoms with E-state index in [0.29, 0.717) is 19.3 Å². The van der Waals surface area contributed by atoms with Gasteiger partial charge in [-0.2, -0.15) is 0 Å². The van der Waals surface area contributed by atoms with Crippen LogP contribution in [0, 0.1) is 34.5 Å². The number of carbonyl (C=O) groups is 2. The molecule has 0 amide bonds. The molecule has 136 valence electrons. The maximum absolute atomic E-state index is 12.2. The number of Topliss-reactive ketones (excluding diaryl/α,β-unsaturated/α-hetero) is 1. The van der Waals surface area contributed by atoms with Crippen molar-refractivity contribution in [3.05, 3.63) is 23.8 Å². The van der Waals surface area contributed by atoms with Crippen LogP contribution in [0.25, 0.3) is 0 Å². The molecule has 4 aliphatic rings. The van der Waals surface area contributed by atoms with Gasteiger partial charge in [0.2, 0.25) is 0 Å². The van der Waals surface area contributed by atoms with E-state index in [1.54, 1.807) is 13.0 Å². The van der Waals surface area contributed by atoms with Gasteiger partial charge in [-0.15, -0.1) is 0 Å². The molecule has 0 radical (unpaired) electrons. The molecule has 4 aliphatic carbocycles. The van der Waals surface area contributed by atoms with Gasteiger partial charge in [0.1, 0.15) is 5.78 Å². The second-order valence-electron chi connectivity index (χ2n) is 9.14. The molecule has 0 aromatic heterocycles. The van der Waals surface area contributed by atoms with Crippen molar-refractivity contribution < 1.29 is 19.8 Å². The summed E-state index contributed by atoms with van der Waals surface area (Å²) in [4.78, 5) is 24.0. The molecule has 2 fully saturated rings. The van der Waals surface area contributed by atoms with Crippen LogP contribution < -0.4 is 0 Å². The predicted octanol–water partition coefficient (Wildman–Crippen LogP) is 2.44. The fourth-order valence-electron chi connectivity index (χ4n) is 6.65. The van der Waals surface area contributed by atoms with Crippen LogP contribution in [0.5, 0.6) is 0 Å². The largest absolute Gasteiger partial charge is 0.393 e. The SMILES string of the molecule is CC(=O)[C@H]1C[C@@H](O)[C@H]2[C@@H]3C=CC4=CC(=O)CC[C@]4(C)[C@H]3C[C@@H](O)[C@@]21C. The number of aliphatic hydroxyl groups is 2. The van der Waals surface area contributed by atoms with E-state index in [4.69, 9.17) is 0 Å². The Labute approximate surface area is 149 Å². The third-order valence-corrected chi connectivity index (χ3v) is 8.11. The topological polar surface area (TPSA) is 74.6 Å². The average molecular weight is 344 g/mol. The van der Waals surface area contributed by atoms with Crippen molar-refractivity contribution in [2.75, 3.05) is 0 Å². The lowest BCUT2D eigenvalue weighted by molar-refractivity contribution is -0.145. The van der Waals surface area contributed by atoms with Gasteiger partial charge in [-0.25, -0.2) is 0 Å². The molecule has 0 saturated heterocycles. The minimum absolute atomic E-state index is 0.0661. The summed E-state index contributed by atoms with van der Waals surface area (Å²) < 4.78 is 0. The number of allylic oxidation sites excluding steroid dienone is 4. The lowest BCUT2D eigenvalue weighted by Gasteiger charge is -2.57. The second kappa shape index (κ2) is 5.37. The number of fused-ring (bicyclic) bond motifs is 5. The standard InChI is InChI=1S/C21H28O4/c1-11(22)15-9-17(24)19-14-5-4-12-8-13(23)6-7-20(12,2)16(14)10-18(25)21(15,19)3/h4-5,8,14-19,24-25H,6-7,9-10H2,1-3H3/t14-,15-,16+,17-,18-,19-,20+,21+/m1/s1. The summed E-state index contributed by atoms with van der Waals surface area (Å²) in [5.74, 6) is 0.191. The van der Waals surface area contributed by atoms with Crippen LogP contribution in [-0.2, 0) is 9.59 Å². The van der Waals surface area contributed by atoms with Crippen molar-refractivity contribution in [1.29, 1.82) is 0 Å². The van der Waals surface area contributed by atoms with E-state index >= 15 is 0 Å². The van der Waals surface area contributed by atoms with Crippen molar-refractivity contribution >= 4 is 11.6 Å². The maximum Gasteiger partial charge on any atom is 0.156 e. The molecule has 2 saturated carbocycles. The second-order valence-corrected chi connectivity index (χ2v) is 9.14. The molecule has 2 N–H and O–H groups in total. The Morgan fingerprint density at radius 1 is 1.24 bits per heavy atom. The Bertz CT molecular complexity index is 692. The minimum atomic E-state index is -0.605. The molecule has 0 aromatic carbocycles. The van der Waals surface area contributed by atoms with Crippen molar-refractivity contribution in [2.24, 2.45) is 34.5 Å². The number of hydrogen-bond acceptors (Lipinski definition) is 4. The first-order valence-electron chi connectivity index (χ1n) is 9.49. The van der Waals surface area contributed by atoms with Gasteiger partial charge in [0.15, 0.2) is 5.78 Å². The molecule has 4 rings (SSSR count). The first-order chi connectivity index (χ1) is 11.7. The van der Waals surface area contributed by atoms with Crippen LogP contribution in [0.3, 0.4) is 0 Å². The van der Waals surface area contributed by atoms with Crippen LogP contribution in [0.2, 0.25) is 0 Å². The van der Waals surface area contributed by atoms with Crippen LogP contribution in [0.1, 0.15) is 46.5 Å². The van der Waals surface area contributed by atoms with Crippen LogP contribution >= 0.6 is 0 Å². The fraction of sp³-hybridized carbons (Fsp3) is 0.714. The molecule has 4 nitrogen and oxygen atoms in total. The van der Waals surface area contributed by atoms with E-state index in [0.717, 1.165) is 12.0 Å². The summed E-state index contributed by atoms with van der Waals surface area (Å²) in [6, 6.07) is 0. The Balaban J connectivity index is 1.80. The molecular formula is C21H28O4. The summed E-state index contributed by atoms with van der Waals surface area (Å²) in [5.41, 5.74) is 0.360. The van der Waals surface area contributed by atoms with Crippen LogP contribution in [0.4, 0.5) is 0 Å². The summed E-state index contributed by atoms with van der Waals surface area (Å²) in [5, 5.41) is 21.9. The van der Waals surface area contributed by atoms with E-state index in [9.17, 15) is 19.8 Å². The predicted molar refractivity (Wildman–Crippen MR) is 93.6 cm³/mol. The van der Waals surface area contributed by atoms with Crippen LogP contribution in [0.15, 0.2) is 23.8 Å². The number of ketones is 2. The monoisotopic (exact) mass is 344 g/mol. The molecule has 0 bridgehead atoms. The molecular weight excluding hydrogens is 316 g/mol. The Hall–Kier alpha value is -1.26. The van der Waals surface area contributed by atoms with Gasteiger partial charge in [-0.05, 0) is 61.0 Å². The summed E-state index contributed by atoms with van der Waals surface area (Å²) >= 11 is 0. The number of hydrogen-bond donors (Lipinski definition) is 2. The zero-order valence-electron chi connectivity index (χ0n) is 15.2. The highest BCUT2D eigenvalue weighted by atomic mass is 16.3. The van der Waals surface area contributed by atoms with Crippen LogP contribution in [-0.4, -0.2) is 34.0 Å². The third kappa shape index (κ3) is 2.13. The highest BCUT2D eigenvalue weighted by molar-refractivity contribution is 5.92. The number of carbonyl (C=O) groups excluding carboxylic acids is 2. The quantitative estimate of drug-likeness (QED) is 0.766. The Morgan fingerprint density at radius 3 is 2.64 bits per heavy atom. The van der Waals surface area contributed by atoms with Gasteiger partial charge in [0.05, 0.1) is 12.2 Å². The Kier molecular flexibility index (Phi) is 3.69. The van der Waals surface area contributed by atoms with Gasteiger partial charge in [0, 0.05) is 17.8 Å². The molecule has 0 aromatic rings. The molecule has 4 heteroatoms. The van der Waals surface area contributed by atoms with Crippen molar-refractivity contribution in [3.8, 4) is 0 Å². The normalized spacial score (nSPS) is 51.4. The first-order valence-corrected chi connectivity index (χ1v) is 9.49. The van der Waals surface area contributed by atoms with Crippen molar-refractivity contribution in [1.82, 2.24) is 0 Å². The molecule has 25 heavy (non-hydrogen) atoms. The molecule has 8 atom stereocenters. The zero-order chi connectivity index (χ0) is 18.1. The maximum atomic E-state index is 12.2. The van der Waals surface area contributed by atoms with Gasteiger partial charge >= 0.3 is 0 Å². The van der Waals surface area contributed by atoms with Crippen molar-refractivity contribution in [3.63, 3.8) is 0 Å². The summed E-state index contributed by atoms with van der Waals surface area (Å²) in [6.07, 6.45) is 7.21. The van der Waals surface area contributed by atoms with E-state index in [1.807, 2.05) is 6.92 Å². The summed E-state index contributed by atoms with van der Waals surface area (Å²) in [6.45, 7) is 5.77. The Morgan fingerprint density at radius 2 is 1.96 bits per heavy atom.